The largest absolute Gasteiger partial charge is 0.463 e. The number of carbonyl (C=O) groups excluding carboxylic acids is 1. The van der Waals surface area contributed by atoms with E-state index in [1.54, 1.807) is 6.07 Å². The van der Waals surface area contributed by atoms with Crippen molar-refractivity contribution in [3.8, 4) is 0 Å². The minimum Gasteiger partial charge on any atom is -0.463 e. The minimum absolute atomic E-state index is 0.0855. The monoisotopic (exact) mass is 281 g/mol. The van der Waals surface area contributed by atoms with Gasteiger partial charge in [0.05, 0.1) is 18.8 Å². The topological polar surface area (TPSA) is 62.9 Å². The summed E-state index contributed by atoms with van der Waals surface area (Å²) < 4.78 is 10.2. The SMILES string of the molecule is COC(=O)c1ccc(C(C)N2CCCC(C)(O)CC2)o1. The molecule has 5 heteroatoms. The molecule has 0 saturated carbocycles. The molecule has 112 valence electrons. The quantitative estimate of drug-likeness (QED) is 0.862. The molecule has 1 saturated heterocycles. The van der Waals surface area contributed by atoms with Crippen LogP contribution in [0.3, 0.4) is 0 Å². The summed E-state index contributed by atoms with van der Waals surface area (Å²) in [6, 6.07) is 3.55. The van der Waals surface area contributed by atoms with Crippen LogP contribution >= 0.6 is 0 Å². The lowest BCUT2D eigenvalue weighted by Gasteiger charge is -2.26. The zero-order valence-electron chi connectivity index (χ0n) is 12.4. The first-order valence-electron chi connectivity index (χ1n) is 7.07. The highest BCUT2D eigenvalue weighted by Crippen LogP contribution is 2.28. The number of carbonyl (C=O) groups is 1. The van der Waals surface area contributed by atoms with Crippen LogP contribution in [0.2, 0.25) is 0 Å². The molecule has 1 N–H and O–H groups in total. The van der Waals surface area contributed by atoms with Crippen molar-refractivity contribution in [2.75, 3.05) is 20.2 Å². The fourth-order valence-electron chi connectivity index (χ4n) is 2.64. The molecule has 2 rings (SSSR count). The van der Waals surface area contributed by atoms with Gasteiger partial charge in [-0.3, -0.25) is 4.90 Å². The molecule has 1 aromatic heterocycles. The summed E-state index contributed by atoms with van der Waals surface area (Å²) in [5, 5.41) is 10.1. The molecular weight excluding hydrogens is 258 g/mol. The van der Waals surface area contributed by atoms with Crippen molar-refractivity contribution in [1.29, 1.82) is 0 Å². The number of likely N-dealkylation sites (tertiary alicyclic amines) is 1. The van der Waals surface area contributed by atoms with Gasteiger partial charge in [-0.05, 0) is 51.8 Å². The van der Waals surface area contributed by atoms with Gasteiger partial charge in [0.2, 0.25) is 5.76 Å². The molecule has 2 heterocycles. The average molecular weight is 281 g/mol. The Kier molecular flexibility index (Phi) is 4.50. The molecule has 0 aromatic carbocycles. The number of esters is 1. The standard InChI is InChI=1S/C15H23NO4/c1-11(12-5-6-13(20-12)14(17)19-3)16-9-4-7-15(2,18)8-10-16/h5-6,11,18H,4,7-10H2,1-3H3. The Morgan fingerprint density at radius 1 is 1.45 bits per heavy atom. The number of methoxy groups -OCH3 is 1. The number of nitrogens with zero attached hydrogens (tertiary/aromatic N) is 1. The van der Waals surface area contributed by atoms with Gasteiger partial charge in [0.15, 0.2) is 0 Å². The van der Waals surface area contributed by atoms with E-state index in [2.05, 4.69) is 16.6 Å². The predicted molar refractivity (Wildman–Crippen MR) is 74.5 cm³/mol. The van der Waals surface area contributed by atoms with E-state index in [9.17, 15) is 9.90 Å². The summed E-state index contributed by atoms with van der Waals surface area (Å²) in [6.45, 7) is 5.69. The first kappa shape index (κ1) is 15.1. The van der Waals surface area contributed by atoms with E-state index >= 15 is 0 Å². The van der Waals surface area contributed by atoms with Crippen LogP contribution < -0.4 is 0 Å². The lowest BCUT2D eigenvalue weighted by atomic mass is 9.98. The Bertz CT molecular complexity index is 466. The molecular formula is C15H23NO4. The van der Waals surface area contributed by atoms with E-state index in [1.807, 2.05) is 13.0 Å². The van der Waals surface area contributed by atoms with Gasteiger partial charge in [0.25, 0.3) is 0 Å². The number of hydrogen-bond acceptors (Lipinski definition) is 5. The van der Waals surface area contributed by atoms with Gasteiger partial charge in [-0.1, -0.05) is 0 Å². The molecule has 2 unspecified atom stereocenters. The second-order valence-corrected chi connectivity index (χ2v) is 5.76. The molecule has 20 heavy (non-hydrogen) atoms. The maximum Gasteiger partial charge on any atom is 0.373 e. The molecule has 0 spiro atoms. The van der Waals surface area contributed by atoms with Crippen LogP contribution in [-0.2, 0) is 4.74 Å². The zero-order valence-corrected chi connectivity index (χ0v) is 12.4. The second-order valence-electron chi connectivity index (χ2n) is 5.76. The third-order valence-electron chi connectivity index (χ3n) is 4.07. The first-order valence-corrected chi connectivity index (χ1v) is 7.07. The van der Waals surface area contributed by atoms with Gasteiger partial charge in [-0.2, -0.15) is 0 Å². The third kappa shape index (κ3) is 3.41. The summed E-state index contributed by atoms with van der Waals surface area (Å²) in [5.41, 5.74) is -0.575. The molecule has 0 bridgehead atoms. The van der Waals surface area contributed by atoms with Crippen molar-refractivity contribution in [2.45, 2.75) is 44.8 Å². The zero-order chi connectivity index (χ0) is 14.8. The van der Waals surface area contributed by atoms with E-state index in [0.717, 1.165) is 38.1 Å². The highest BCUT2D eigenvalue weighted by Gasteiger charge is 2.28. The maximum atomic E-state index is 11.4. The lowest BCUT2D eigenvalue weighted by Crippen LogP contribution is -2.30. The number of rotatable bonds is 3. The Hall–Kier alpha value is -1.33. The normalized spacial score (nSPS) is 26.0. The van der Waals surface area contributed by atoms with Gasteiger partial charge >= 0.3 is 5.97 Å². The molecule has 0 aliphatic carbocycles. The molecule has 0 amide bonds. The molecule has 1 fully saturated rings. The molecule has 5 nitrogen and oxygen atoms in total. The van der Waals surface area contributed by atoms with Crippen LogP contribution in [0.15, 0.2) is 16.5 Å². The minimum atomic E-state index is -0.575. The van der Waals surface area contributed by atoms with Crippen LogP contribution in [0, 0.1) is 0 Å². The van der Waals surface area contributed by atoms with Crippen molar-refractivity contribution in [3.05, 3.63) is 23.7 Å². The van der Waals surface area contributed by atoms with Gasteiger partial charge < -0.3 is 14.3 Å². The molecule has 1 aliphatic heterocycles. The van der Waals surface area contributed by atoms with Crippen LogP contribution in [0.5, 0.6) is 0 Å². The fourth-order valence-corrected chi connectivity index (χ4v) is 2.64. The smallest absolute Gasteiger partial charge is 0.373 e. The first-order chi connectivity index (χ1) is 9.43. The van der Waals surface area contributed by atoms with Crippen molar-refractivity contribution >= 4 is 5.97 Å². The number of furan rings is 1. The lowest BCUT2D eigenvalue weighted by molar-refractivity contribution is 0.0428. The molecule has 2 atom stereocenters. The summed E-state index contributed by atoms with van der Waals surface area (Å²) in [6.07, 6.45) is 2.53. The van der Waals surface area contributed by atoms with Crippen molar-refractivity contribution in [1.82, 2.24) is 4.90 Å². The van der Waals surface area contributed by atoms with Gasteiger partial charge in [-0.25, -0.2) is 4.79 Å². The van der Waals surface area contributed by atoms with Gasteiger partial charge in [0, 0.05) is 6.54 Å². The summed E-state index contributed by atoms with van der Waals surface area (Å²) >= 11 is 0. The molecule has 1 aliphatic rings. The Balaban J connectivity index is 2.05. The predicted octanol–water partition coefficient (Wildman–Crippen LogP) is 2.36. The fraction of sp³-hybridized carbons (Fsp3) is 0.667. The number of aliphatic hydroxyl groups is 1. The Labute approximate surface area is 119 Å². The second kappa shape index (κ2) is 5.97. The molecule has 1 aromatic rings. The van der Waals surface area contributed by atoms with E-state index in [1.165, 1.54) is 7.11 Å². The van der Waals surface area contributed by atoms with Crippen molar-refractivity contribution in [3.63, 3.8) is 0 Å². The van der Waals surface area contributed by atoms with E-state index in [4.69, 9.17) is 4.42 Å². The third-order valence-corrected chi connectivity index (χ3v) is 4.07. The summed E-state index contributed by atoms with van der Waals surface area (Å²) in [5.74, 6) is 0.533. The van der Waals surface area contributed by atoms with Crippen LogP contribution in [0.4, 0.5) is 0 Å². The highest BCUT2D eigenvalue weighted by atomic mass is 16.5. The van der Waals surface area contributed by atoms with Crippen LogP contribution in [0.1, 0.15) is 55.5 Å². The van der Waals surface area contributed by atoms with Gasteiger partial charge in [0.1, 0.15) is 5.76 Å². The van der Waals surface area contributed by atoms with Crippen molar-refractivity contribution < 1.29 is 19.1 Å². The number of hydrogen-bond donors (Lipinski definition) is 1. The van der Waals surface area contributed by atoms with E-state index in [0.29, 0.717) is 0 Å². The average Bonchev–Trinajstić information content (AvgIpc) is 2.83. The summed E-state index contributed by atoms with van der Waals surface area (Å²) in [4.78, 5) is 13.7. The maximum absolute atomic E-state index is 11.4. The van der Waals surface area contributed by atoms with Crippen LogP contribution in [0.25, 0.3) is 0 Å². The van der Waals surface area contributed by atoms with Crippen molar-refractivity contribution in [2.24, 2.45) is 0 Å². The van der Waals surface area contributed by atoms with Crippen LogP contribution in [-0.4, -0.2) is 41.8 Å². The van der Waals surface area contributed by atoms with Gasteiger partial charge in [-0.15, -0.1) is 0 Å². The summed E-state index contributed by atoms with van der Waals surface area (Å²) in [7, 11) is 1.34. The van der Waals surface area contributed by atoms with E-state index < -0.39 is 11.6 Å². The highest BCUT2D eigenvalue weighted by molar-refractivity contribution is 5.86. The number of ether oxygens (including phenoxy) is 1. The Morgan fingerprint density at radius 2 is 2.20 bits per heavy atom. The van der Waals surface area contributed by atoms with E-state index in [-0.39, 0.29) is 11.8 Å². The molecule has 0 radical (unpaired) electrons. The Morgan fingerprint density at radius 3 is 2.90 bits per heavy atom.